The fourth-order valence-electron chi connectivity index (χ4n) is 2.19. The van der Waals surface area contributed by atoms with Crippen LogP contribution in [0.2, 0.25) is 0 Å². The molecule has 7 nitrogen and oxygen atoms in total. The summed E-state index contributed by atoms with van der Waals surface area (Å²) in [6.07, 6.45) is 0.880. The molecule has 1 aliphatic rings. The molecular formula is C13H21N3O4S. The van der Waals surface area contributed by atoms with Gasteiger partial charge >= 0.3 is 0 Å². The smallest absolute Gasteiger partial charge is 0.275 e. The average Bonchev–Trinajstić information content (AvgIpc) is 2.65. The maximum Gasteiger partial charge on any atom is 0.275 e. The van der Waals surface area contributed by atoms with Crippen molar-refractivity contribution in [1.29, 1.82) is 0 Å². The molecule has 1 N–H and O–H groups in total. The van der Waals surface area contributed by atoms with Gasteiger partial charge in [-0.25, -0.2) is 12.7 Å². The van der Waals surface area contributed by atoms with Crippen LogP contribution in [0.4, 0.5) is 0 Å². The van der Waals surface area contributed by atoms with Crippen molar-refractivity contribution in [3.05, 3.63) is 17.4 Å². The molecule has 118 valence electrons. The SMILES string of the molecule is Cc1oc(S(=O)(=O)N(C)C)cc1C(=O)N1CCCNCC1. The molecule has 2 heterocycles. The number of hydrogen-bond donors (Lipinski definition) is 1. The number of hydrogen-bond acceptors (Lipinski definition) is 5. The van der Waals surface area contributed by atoms with Crippen LogP contribution in [0.25, 0.3) is 0 Å². The predicted octanol–water partition coefficient (Wildman–Crippen LogP) is 0.274. The van der Waals surface area contributed by atoms with E-state index < -0.39 is 10.0 Å². The molecule has 21 heavy (non-hydrogen) atoms. The van der Waals surface area contributed by atoms with E-state index in [0.717, 1.165) is 23.8 Å². The van der Waals surface area contributed by atoms with E-state index in [1.165, 1.54) is 20.2 Å². The lowest BCUT2D eigenvalue weighted by atomic mass is 10.2. The van der Waals surface area contributed by atoms with Crippen molar-refractivity contribution in [3.8, 4) is 0 Å². The van der Waals surface area contributed by atoms with Crippen molar-refractivity contribution in [2.45, 2.75) is 18.4 Å². The van der Waals surface area contributed by atoms with Crippen molar-refractivity contribution in [2.24, 2.45) is 0 Å². The summed E-state index contributed by atoms with van der Waals surface area (Å²) in [6.45, 7) is 4.50. The van der Waals surface area contributed by atoms with E-state index in [1.807, 2.05) is 0 Å². The van der Waals surface area contributed by atoms with E-state index >= 15 is 0 Å². The second kappa shape index (κ2) is 6.17. The van der Waals surface area contributed by atoms with Gasteiger partial charge in [-0.2, -0.15) is 0 Å². The Labute approximate surface area is 124 Å². The highest BCUT2D eigenvalue weighted by molar-refractivity contribution is 7.88. The Balaban J connectivity index is 2.28. The van der Waals surface area contributed by atoms with Crippen LogP contribution in [-0.4, -0.2) is 63.8 Å². The molecule has 0 atom stereocenters. The number of amides is 1. The van der Waals surface area contributed by atoms with Gasteiger partial charge < -0.3 is 14.6 Å². The van der Waals surface area contributed by atoms with Crippen molar-refractivity contribution in [2.75, 3.05) is 40.3 Å². The van der Waals surface area contributed by atoms with Crippen molar-refractivity contribution in [3.63, 3.8) is 0 Å². The van der Waals surface area contributed by atoms with Crippen LogP contribution in [0.5, 0.6) is 0 Å². The lowest BCUT2D eigenvalue weighted by Gasteiger charge is -2.19. The van der Waals surface area contributed by atoms with E-state index in [9.17, 15) is 13.2 Å². The molecule has 1 aromatic rings. The van der Waals surface area contributed by atoms with Crippen LogP contribution < -0.4 is 5.32 Å². The fraction of sp³-hybridized carbons (Fsp3) is 0.615. The van der Waals surface area contributed by atoms with Gasteiger partial charge in [-0.1, -0.05) is 0 Å². The fourth-order valence-corrected chi connectivity index (χ4v) is 3.05. The number of furan rings is 1. The molecule has 0 saturated carbocycles. The topological polar surface area (TPSA) is 82.9 Å². The first-order valence-electron chi connectivity index (χ1n) is 6.87. The minimum atomic E-state index is -3.67. The number of nitrogens with zero attached hydrogens (tertiary/aromatic N) is 2. The Bertz CT molecular complexity index is 613. The van der Waals surface area contributed by atoms with Crippen LogP contribution in [0.1, 0.15) is 22.5 Å². The third-order valence-corrected chi connectivity index (χ3v) is 5.16. The van der Waals surface area contributed by atoms with Gasteiger partial charge in [0.25, 0.3) is 15.9 Å². The summed E-state index contributed by atoms with van der Waals surface area (Å²) >= 11 is 0. The third kappa shape index (κ3) is 3.28. The van der Waals surface area contributed by atoms with Gasteiger partial charge in [-0.15, -0.1) is 0 Å². The highest BCUT2D eigenvalue weighted by Crippen LogP contribution is 2.22. The highest BCUT2D eigenvalue weighted by atomic mass is 32.2. The second-order valence-corrected chi connectivity index (χ2v) is 7.30. The maximum absolute atomic E-state index is 12.5. The Morgan fingerprint density at radius 2 is 2.05 bits per heavy atom. The number of aryl methyl sites for hydroxylation is 1. The quantitative estimate of drug-likeness (QED) is 0.866. The predicted molar refractivity (Wildman–Crippen MR) is 77.7 cm³/mol. The monoisotopic (exact) mass is 315 g/mol. The molecule has 1 amide bonds. The van der Waals surface area contributed by atoms with E-state index in [1.54, 1.807) is 11.8 Å². The maximum atomic E-state index is 12.5. The van der Waals surface area contributed by atoms with E-state index in [4.69, 9.17) is 4.42 Å². The van der Waals surface area contributed by atoms with Crippen LogP contribution in [0.15, 0.2) is 15.6 Å². The first-order chi connectivity index (χ1) is 9.84. The largest absolute Gasteiger partial charge is 0.448 e. The van der Waals surface area contributed by atoms with Crippen molar-refractivity contribution < 1.29 is 17.6 Å². The van der Waals surface area contributed by atoms with Crippen LogP contribution in [0, 0.1) is 6.92 Å². The Kier molecular flexibility index (Phi) is 4.70. The number of carbonyl (C=O) groups excluding carboxylic acids is 1. The van der Waals surface area contributed by atoms with Crippen LogP contribution in [0.3, 0.4) is 0 Å². The number of rotatable bonds is 3. The number of nitrogens with one attached hydrogen (secondary N) is 1. The third-order valence-electron chi connectivity index (χ3n) is 3.49. The first-order valence-corrected chi connectivity index (χ1v) is 8.31. The summed E-state index contributed by atoms with van der Waals surface area (Å²) in [4.78, 5) is 14.2. The van der Waals surface area contributed by atoms with Gasteiger partial charge in [0.2, 0.25) is 5.09 Å². The standard InChI is InChI=1S/C13H21N3O4S/c1-10-11(9-12(20-10)21(18,19)15(2)3)13(17)16-7-4-5-14-6-8-16/h9,14H,4-8H2,1-3H3. The molecule has 8 heteroatoms. The Morgan fingerprint density at radius 3 is 2.71 bits per heavy atom. The first kappa shape index (κ1) is 16.0. The van der Waals surface area contributed by atoms with Crippen molar-refractivity contribution in [1.82, 2.24) is 14.5 Å². The van der Waals surface area contributed by atoms with E-state index in [2.05, 4.69) is 5.32 Å². The second-order valence-electron chi connectivity index (χ2n) is 5.22. The normalized spacial score (nSPS) is 17.0. The van der Waals surface area contributed by atoms with E-state index in [0.29, 0.717) is 24.4 Å². The van der Waals surface area contributed by atoms with Crippen LogP contribution >= 0.6 is 0 Å². The zero-order valence-corrected chi connectivity index (χ0v) is 13.4. The molecule has 0 radical (unpaired) electrons. The summed E-state index contributed by atoms with van der Waals surface area (Å²) in [5.74, 6) is 0.151. The Morgan fingerprint density at radius 1 is 1.33 bits per heavy atom. The van der Waals surface area contributed by atoms with Gasteiger partial charge in [0.15, 0.2) is 0 Å². The number of carbonyl (C=O) groups is 1. The average molecular weight is 315 g/mol. The molecule has 2 rings (SSSR count). The van der Waals surface area contributed by atoms with Gasteiger partial charge in [0, 0.05) is 39.8 Å². The summed E-state index contributed by atoms with van der Waals surface area (Å²) < 4.78 is 30.5. The van der Waals surface area contributed by atoms with Crippen molar-refractivity contribution >= 4 is 15.9 Å². The molecule has 1 aliphatic heterocycles. The summed E-state index contributed by atoms with van der Waals surface area (Å²) in [5, 5.41) is 3.03. The minimum Gasteiger partial charge on any atom is -0.448 e. The lowest BCUT2D eigenvalue weighted by Crippen LogP contribution is -2.34. The zero-order chi connectivity index (χ0) is 15.6. The van der Waals surface area contributed by atoms with E-state index in [-0.39, 0.29) is 11.0 Å². The lowest BCUT2D eigenvalue weighted by molar-refractivity contribution is 0.0764. The summed E-state index contributed by atoms with van der Waals surface area (Å²) in [7, 11) is -0.815. The van der Waals surface area contributed by atoms with Crippen LogP contribution in [-0.2, 0) is 10.0 Å². The molecule has 0 bridgehead atoms. The molecule has 0 unspecified atom stereocenters. The number of sulfonamides is 1. The molecule has 1 fully saturated rings. The molecule has 0 aliphatic carbocycles. The molecule has 1 saturated heterocycles. The molecule has 1 aromatic heterocycles. The van der Waals surface area contributed by atoms with Gasteiger partial charge in [-0.05, 0) is 19.9 Å². The van der Waals surface area contributed by atoms with Gasteiger partial charge in [0.1, 0.15) is 5.76 Å². The minimum absolute atomic E-state index is 0.180. The highest BCUT2D eigenvalue weighted by Gasteiger charge is 2.27. The molecular weight excluding hydrogens is 294 g/mol. The molecule has 0 spiro atoms. The van der Waals surface area contributed by atoms with Gasteiger partial charge in [-0.3, -0.25) is 4.79 Å². The molecule has 0 aromatic carbocycles. The summed E-state index contributed by atoms with van der Waals surface area (Å²) in [6, 6.07) is 1.32. The Hall–Kier alpha value is -1.38. The summed E-state index contributed by atoms with van der Waals surface area (Å²) in [5.41, 5.74) is 0.317. The zero-order valence-electron chi connectivity index (χ0n) is 12.5. The van der Waals surface area contributed by atoms with Gasteiger partial charge in [0.05, 0.1) is 5.56 Å².